The van der Waals surface area contributed by atoms with Crippen molar-refractivity contribution in [2.24, 2.45) is 17.3 Å². The first-order valence-corrected chi connectivity index (χ1v) is 7.58. The third-order valence-corrected chi connectivity index (χ3v) is 5.62. The second kappa shape index (κ2) is 3.82. The van der Waals surface area contributed by atoms with Crippen molar-refractivity contribution in [2.45, 2.75) is 39.0 Å². The molecule has 3 unspecified atom stereocenters. The second-order valence-corrected chi connectivity index (χ2v) is 6.52. The Morgan fingerprint density at radius 1 is 1.32 bits per heavy atom. The highest BCUT2D eigenvalue weighted by molar-refractivity contribution is 6.03. The molecule has 98 valence electrons. The van der Waals surface area contributed by atoms with Crippen LogP contribution in [0.2, 0.25) is 0 Å². The first-order chi connectivity index (χ1) is 9.23. The van der Waals surface area contributed by atoms with Gasteiger partial charge in [0.05, 0.1) is 0 Å². The molecule has 1 aromatic carbocycles. The maximum atomic E-state index is 13.0. The maximum absolute atomic E-state index is 13.0. The minimum atomic E-state index is -0.0415. The first kappa shape index (κ1) is 11.5. The van der Waals surface area contributed by atoms with E-state index < -0.39 is 0 Å². The van der Waals surface area contributed by atoms with Crippen molar-refractivity contribution in [3.8, 4) is 0 Å². The SMILES string of the molecule is CCc1ccc2c(c1)CCC1(CC3C=CC1C3)C2=O. The molecule has 3 aliphatic carbocycles. The summed E-state index contributed by atoms with van der Waals surface area (Å²) in [5.41, 5.74) is 3.63. The van der Waals surface area contributed by atoms with E-state index in [9.17, 15) is 4.79 Å². The standard InChI is InChI=1S/C18H20O/c1-2-12-4-6-16-14(9-12)7-8-18(17(16)19)11-13-3-5-15(18)10-13/h3-6,9,13,15H,2,7-8,10-11H2,1H3. The number of carbonyl (C=O) groups is 1. The summed E-state index contributed by atoms with van der Waals surface area (Å²) in [6.45, 7) is 2.18. The van der Waals surface area contributed by atoms with Crippen LogP contribution in [0.25, 0.3) is 0 Å². The molecule has 1 spiro atoms. The van der Waals surface area contributed by atoms with Gasteiger partial charge in [-0.15, -0.1) is 0 Å². The van der Waals surface area contributed by atoms with Crippen molar-refractivity contribution < 1.29 is 4.79 Å². The first-order valence-electron chi connectivity index (χ1n) is 7.58. The molecule has 3 atom stereocenters. The molecule has 1 saturated carbocycles. The van der Waals surface area contributed by atoms with Gasteiger partial charge in [0.1, 0.15) is 0 Å². The molecule has 1 nitrogen and oxygen atoms in total. The molecule has 4 rings (SSSR count). The lowest BCUT2D eigenvalue weighted by Crippen LogP contribution is -2.39. The highest BCUT2D eigenvalue weighted by Crippen LogP contribution is 2.57. The number of aryl methyl sites for hydroxylation is 2. The number of fused-ring (bicyclic) bond motifs is 4. The molecule has 19 heavy (non-hydrogen) atoms. The molecule has 0 aromatic heterocycles. The summed E-state index contributed by atoms with van der Waals surface area (Å²) in [5.74, 6) is 1.63. The fraction of sp³-hybridized carbons (Fsp3) is 0.500. The quantitative estimate of drug-likeness (QED) is 0.691. The summed E-state index contributed by atoms with van der Waals surface area (Å²) in [5, 5.41) is 0. The van der Waals surface area contributed by atoms with Crippen LogP contribution in [0.1, 0.15) is 47.7 Å². The Bertz CT molecular complexity index is 583. The van der Waals surface area contributed by atoms with E-state index in [4.69, 9.17) is 0 Å². The zero-order valence-electron chi connectivity index (χ0n) is 11.5. The number of Topliss-reactive ketones (excluding diaryl/α,β-unsaturated/α-hetero) is 1. The predicted octanol–water partition coefficient (Wildman–Crippen LogP) is 3.96. The fourth-order valence-electron chi connectivity index (χ4n) is 4.54. The molecule has 1 heteroatoms. The van der Waals surface area contributed by atoms with Gasteiger partial charge in [0.15, 0.2) is 5.78 Å². The topological polar surface area (TPSA) is 17.1 Å². The Kier molecular flexibility index (Phi) is 2.30. The van der Waals surface area contributed by atoms with Crippen molar-refractivity contribution in [1.82, 2.24) is 0 Å². The lowest BCUT2D eigenvalue weighted by molar-refractivity contribution is 0.0702. The van der Waals surface area contributed by atoms with Gasteiger partial charge in [0.2, 0.25) is 0 Å². The number of carbonyl (C=O) groups excluding carboxylic acids is 1. The summed E-state index contributed by atoms with van der Waals surface area (Å²) < 4.78 is 0. The molecule has 1 fully saturated rings. The van der Waals surface area contributed by atoms with Gasteiger partial charge in [-0.25, -0.2) is 0 Å². The summed E-state index contributed by atoms with van der Waals surface area (Å²) in [4.78, 5) is 13.0. The lowest BCUT2D eigenvalue weighted by Gasteiger charge is -2.38. The predicted molar refractivity (Wildman–Crippen MR) is 76.3 cm³/mol. The molecular weight excluding hydrogens is 232 g/mol. The maximum Gasteiger partial charge on any atom is 0.169 e. The Hall–Kier alpha value is -1.37. The van der Waals surface area contributed by atoms with E-state index in [1.165, 1.54) is 17.5 Å². The van der Waals surface area contributed by atoms with Crippen molar-refractivity contribution >= 4 is 5.78 Å². The van der Waals surface area contributed by atoms with Crippen LogP contribution in [0.15, 0.2) is 30.4 Å². The molecule has 0 heterocycles. The summed E-state index contributed by atoms with van der Waals surface area (Å²) >= 11 is 0. The molecule has 1 aromatic rings. The van der Waals surface area contributed by atoms with E-state index in [0.29, 0.717) is 17.6 Å². The Morgan fingerprint density at radius 2 is 2.21 bits per heavy atom. The van der Waals surface area contributed by atoms with Gasteiger partial charge < -0.3 is 0 Å². The smallest absolute Gasteiger partial charge is 0.169 e. The monoisotopic (exact) mass is 252 g/mol. The molecule has 0 aliphatic heterocycles. The molecule has 0 N–H and O–H groups in total. The lowest BCUT2D eigenvalue weighted by atomic mass is 9.63. The molecule has 3 aliphatic rings. The van der Waals surface area contributed by atoms with E-state index in [1.54, 1.807) is 0 Å². The van der Waals surface area contributed by atoms with Gasteiger partial charge in [0.25, 0.3) is 0 Å². The summed E-state index contributed by atoms with van der Waals surface area (Å²) in [7, 11) is 0. The van der Waals surface area contributed by atoms with E-state index in [0.717, 1.165) is 31.2 Å². The number of allylic oxidation sites excluding steroid dienone is 2. The minimum Gasteiger partial charge on any atom is -0.294 e. The van der Waals surface area contributed by atoms with Crippen LogP contribution in [0, 0.1) is 17.3 Å². The second-order valence-electron chi connectivity index (χ2n) is 6.52. The van der Waals surface area contributed by atoms with Crippen LogP contribution in [-0.4, -0.2) is 5.78 Å². The third-order valence-electron chi connectivity index (χ3n) is 5.62. The highest BCUT2D eigenvalue weighted by atomic mass is 16.1. The van der Waals surface area contributed by atoms with Gasteiger partial charge in [-0.1, -0.05) is 37.3 Å². The van der Waals surface area contributed by atoms with E-state index in [1.807, 2.05) is 0 Å². The molecule has 0 radical (unpaired) electrons. The normalized spacial score (nSPS) is 35.1. The van der Waals surface area contributed by atoms with Crippen LogP contribution in [0.3, 0.4) is 0 Å². The van der Waals surface area contributed by atoms with E-state index >= 15 is 0 Å². The van der Waals surface area contributed by atoms with Crippen molar-refractivity contribution in [2.75, 3.05) is 0 Å². The summed E-state index contributed by atoms with van der Waals surface area (Å²) in [6.07, 6.45) is 10.2. The van der Waals surface area contributed by atoms with Crippen molar-refractivity contribution in [3.05, 3.63) is 47.0 Å². The van der Waals surface area contributed by atoms with Gasteiger partial charge in [-0.05, 0) is 55.1 Å². The van der Waals surface area contributed by atoms with Crippen LogP contribution < -0.4 is 0 Å². The van der Waals surface area contributed by atoms with Gasteiger partial charge in [-0.3, -0.25) is 4.79 Å². The number of rotatable bonds is 1. The zero-order valence-corrected chi connectivity index (χ0v) is 11.5. The molecule has 2 bridgehead atoms. The molecule has 0 amide bonds. The van der Waals surface area contributed by atoms with Gasteiger partial charge >= 0.3 is 0 Å². The average Bonchev–Trinajstić information content (AvgIpc) is 3.04. The number of hydrogen-bond acceptors (Lipinski definition) is 1. The number of ketones is 1. The van der Waals surface area contributed by atoms with Gasteiger partial charge in [-0.2, -0.15) is 0 Å². The van der Waals surface area contributed by atoms with Crippen LogP contribution in [0.4, 0.5) is 0 Å². The minimum absolute atomic E-state index is 0.0415. The zero-order chi connectivity index (χ0) is 13.0. The van der Waals surface area contributed by atoms with Crippen LogP contribution in [0.5, 0.6) is 0 Å². The van der Waals surface area contributed by atoms with Crippen LogP contribution >= 0.6 is 0 Å². The molecule has 0 saturated heterocycles. The van der Waals surface area contributed by atoms with Crippen LogP contribution in [-0.2, 0) is 12.8 Å². The Labute approximate surface area is 114 Å². The van der Waals surface area contributed by atoms with Gasteiger partial charge in [0, 0.05) is 11.0 Å². The van der Waals surface area contributed by atoms with Crippen molar-refractivity contribution in [3.63, 3.8) is 0 Å². The Balaban J connectivity index is 1.77. The van der Waals surface area contributed by atoms with E-state index in [2.05, 4.69) is 37.3 Å². The van der Waals surface area contributed by atoms with Crippen molar-refractivity contribution in [1.29, 1.82) is 0 Å². The third kappa shape index (κ3) is 1.45. The largest absolute Gasteiger partial charge is 0.294 e. The number of hydrogen-bond donors (Lipinski definition) is 0. The fourth-order valence-corrected chi connectivity index (χ4v) is 4.54. The molecular formula is C18H20O. The van der Waals surface area contributed by atoms with E-state index in [-0.39, 0.29) is 5.41 Å². The Morgan fingerprint density at radius 3 is 2.89 bits per heavy atom. The highest BCUT2D eigenvalue weighted by Gasteiger charge is 2.54. The number of benzene rings is 1. The average molecular weight is 252 g/mol. The summed E-state index contributed by atoms with van der Waals surface area (Å²) in [6, 6.07) is 6.48.